The molecule has 2 amide bonds. The molecule has 0 aromatic heterocycles. The zero-order valence-corrected chi connectivity index (χ0v) is 19.9. The number of ether oxygens (including phenoxy) is 1. The van der Waals surface area contributed by atoms with E-state index in [1.165, 1.54) is 17.9 Å². The molecule has 9 nitrogen and oxygen atoms in total. The molecule has 0 aliphatic carbocycles. The number of amides is 2. The average molecular weight is 484 g/mol. The van der Waals surface area contributed by atoms with Crippen molar-refractivity contribution in [2.45, 2.75) is 20.0 Å². The lowest BCUT2D eigenvalue weighted by Gasteiger charge is -2.36. The smallest absolute Gasteiger partial charge is 0.414 e. The SMILES string of the molecule is CC(=O)NC[C@H]1CN(c2ccc(N3CCN(C/C(=N\O)c4ccc(C)cc4)CC3)c(F)c2)C(=O)O1. The van der Waals surface area contributed by atoms with Crippen molar-refractivity contribution < 1.29 is 23.9 Å². The lowest BCUT2D eigenvalue weighted by Crippen LogP contribution is -2.48. The molecule has 0 bridgehead atoms. The monoisotopic (exact) mass is 483 g/mol. The van der Waals surface area contributed by atoms with Gasteiger partial charge in [0, 0.05) is 45.2 Å². The first kappa shape index (κ1) is 24.5. The van der Waals surface area contributed by atoms with Gasteiger partial charge < -0.3 is 20.2 Å². The van der Waals surface area contributed by atoms with Crippen molar-refractivity contribution in [2.24, 2.45) is 5.16 Å². The Bertz CT molecular complexity index is 1100. The minimum absolute atomic E-state index is 0.204. The van der Waals surface area contributed by atoms with E-state index in [2.05, 4.69) is 15.4 Å². The molecule has 2 saturated heterocycles. The van der Waals surface area contributed by atoms with E-state index in [9.17, 15) is 14.8 Å². The largest absolute Gasteiger partial charge is 0.442 e. The van der Waals surface area contributed by atoms with Crippen LogP contribution in [0.4, 0.5) is 20.6 Å². The number of rotatable bonds is 7. The van der Waals surface area contributed by atoms with E-state index in [0.717, 1.165) is 11.1 Å². The van der Waals surface area contributed by atoms with Crippen molar-refractivity contribution in [3.63, 3.8) is 0 Å². The fourth-order valence-electron chi connectivity index (χ4n) is 4.30. The topological polar surface area (TPSA) is 97.7 Å². The number of nitrogens with one attached hydrogen (secondary N) is 1. The first-order valence-corrected chi connectivity index (χ1v) is 11.6. The molecule has 1 atom stereocenters. The highest BCUT2D eigenvalue weighted by molar-refractivity contribution is 6.01. The molecule has 2 N–H and O–H groups in total. The van der Waals surface area contributed by atoms with Gasteiger partial charge in [-0.25, -0.2) is 9.18 Å². The van der Waals surface area contributed by atoms with Crippen molar-refractivity contribution in [3.8, 4) is 0 Å². The quantitative estimate of drug-likeness (QED) is 0.357. The Labute approximate surface area is 203 Å². The van der Waals surface area contributed by atoms with E-state index < -0.39 is 18.0 Å². The van der Waals surface area contributed by atoms with Gasteiger partial charge in [-0.3, -0.25) is 14.6 Å². The molecule has 0 unspecified atom stereocenters. The van der Waals surface area contributed by atoms with E-state index in [4.69, 9.17) is 4.74 Å². The number of nitrogens with zero attached hydrogens (tertiary/aromatic N) is 4. The molecule has 2 aromatic carbocycles. The summed E-state index contributed by atoms with van der Waals surface area (Å²) in [4.78, 5) is 28.8. The standard InChI is InChI=1S/C25H30FN5O4/c1-17-3-5-19(6-4-17)23(28-34)16-29-9-11-30(12-10-29)24-8-7-20(13-22(24)26)31-15-21(35-25(31)33)14-27-18(2)32/h3-8,13,21,34H,9-12,14-16H2,1-2H3,(H,27,32)/b28-23+/t21-/m0/s1. The number of aryl methyl sites for hydroxylation is 1. The minimum atomic E-state index is -0.559. The second-order valence-corrected chi connectivity index (χ2v) is 8.87. The molecular weight excluding hydrogens is 453 g/mol. The maximum Gasteiger partial charge on any atom is 0.414 e. The molecule has 186 valence electrons. The van der Waals surface area contributed by atoms with Crippen molar-refractivity contribution in [2.75, 3.05) is 55.6 Å². The second-order valence-electron chi connectivity index (χ2n) is 8.87. The zero-order chi connectivity index (χ0) is 24.9. The maximum atomic E-state index is 15.0. The summed E-state index contributed by atoms with van der Waals surface area (Å²) < 4.78 is 20.3. The van der Waals surface area contributed by atoms with Crippen molar-refractivity contribution in [1.29, 1.82) is 0 Å². The van der Waals surface area contributed by atoms with E-state index in [0.29, 0.717) is 49.8 Å². The molecule has 0 saturated carbocycles. The summed E-state index contributed by atoms with van der Waals surface area (Å²) in [5, 5.41) is 15.6. The first-order valence-electron chi connectivity index (χ1n) is 11.6. The number of cyclic esters (lactones) is 1. The fourth-order valence-corrected chi connectivity index (χ4v) is 4.30. The lowest BCUT2D eigenvalue weighted by molar-refractivity contribution is -0.119. The van der Waals surface area contributed by atoms with Crippen LogP contribution in [0.25, 0.3) is 0 Å². The summed E-state index contributed by atoms with van der Waals surface area (Å²) in [5.74, 6) is -0.615. The van der Waals surface area contributed by atoms with Gasteiger partial charge in [-0.15, -0.1) is 0 Å². The van der Waals surface area contributed by atoms with E-state index in [1.54, 1.807) is 12.1 Å². The van der Waals surface area contributed by atoms with Crippen molar-refractivity contribution in [3.05, 3.63) is 59.4 Å². The van der Waals surface area contributed by atoms with Crippen LogP contribution < -0.4 is 15.1 Å². The molecule has 2 aliphatic heterocycles. The number of piperazine rings is 1. The third-order valence-corrected chi connectivity index (χ3v) is 6.29. The van der Waals surface area contributed by atoms with Gasteiger partial charge in [0.1, 0.15) is 17.6 Å². The molecule has 0 radical (unpaired) electrons. The number of oxime groups is 1. The average Bonchev–Trinajstić information content (AvgIpc) is 3.23. The number of anilines is 2. The van der Waals surface area contributed by atoms with Gasteiger partial charge in [-0.05, 0) is 25.1 Å². The summed E-state index contributed by atoms with van der Waals surface area (Å²) in [7, 11) is 0. The number of hydrogen-bond acceptors (Lipinski definition) is 7. The third kappa shape index (κ3) is 5.89. The van der Waals surface area contributed by atoms with Crippen LogP contribution >= 0.6 is 0 Å². The second kappa shape index (κ2) is 10.7. The summed E-state index contributed by atoms with van der Waals surface area (Å²) in [6.07, 6.45) is -1.04. The van der Waals surface area contributed by atoms with Crippen LogP contribution in [0.15, 0.2) is 47.6 Å². The third-order valence-electron chi connectivity index (χ3n) is 6.29. The van der Waals surface area contributed by atoms with Gasteiger partial charge in [0.2, 0.25) is 5.91 Å². The number of hydrogen-bond donors (Lipinski definition) is 2. The lowest BCUT2D eigenvalue weighted by atomic mass is 10.1. The van der Waals surface area contributed by atoms with E-state index in [-0.39, 0.29) is 19.0 Å². The molecule has 10 heteroatoms. The highest BCUT2D eigenvalue weighted by atomic mass is 19.1. The zero-order valence-electron chi connectivity index (χ0n) is 19.9. The van der Waals surface area contributed by atoms with Crippen LogP contribution in [0.3, 0.4) is 0 Å². The van der Waals surface area contributed by atoms with Crippen LogP contribution in [0.2, 0.25) is 0 Å². The van der Waals surface area contributed by atoms with Gasteiger partial charge in [0.25, 0.3) is 0 Å². The Kier molecular flexibility index (Phi) is 7.50. The molecule has 4 rings (SSSR count). The van der Waals surface area contributed by atoms with Crippen LogP contribution in [-0.2, 0) is 9.53 Å². The summed E-state index contributed by atoms with van der Waals surface area (Å²) >= 11 is 0. The highest BCUT2D eigenvalue weighted by Gasteiger charge is 2.33. The van der Waals surface area contributed by atoms with Crippen LogP contribution in [0, 0.1) is 12.7 Å². The summed E-state index contributed by atoms with van der Waals surface area (Å²) in [6.45, 7) is 6.98. The normalized spacial score (nSPS) is 19.1. The Morgan fingerprint density at radius 3 is 2.51 bits per heavy atom. The van der Waals surface area contributed by atoms with Crippen LogP contribution in [-0.4, -0.2) is 79.7 Å². The van der Waals surface area contributed by atoms with Gasteiger partial charge in [0.05, 0.1) is 24.5 Å². The van der Waals surface area contributed by atoms with Crippen LogP contribution in [0.1, 0.15) is 18.1 Å². The minimum Gasteiger partial charge on any atom is -0.442 e. The Balaban J connectivity index is 1.34. The molecule has 2 aromatic rings. The van der Waals surface area contributed by atoms with Gasteiger partial charge in [-0.2, -0.15) is 0 Å². The number of benzene rings is 2. The van der Waals surface area contributed by atoms with Crippen molar-refractivity contribution >= 4 is 29.1 Å². The van der Waals surface area contributed by atoms with E-state index in [1.807, 2.05) is 36.1 Å². The highest BCUT2D eigenvalue weighted by Crippen LogP contribution is 2.28. The van der Waals surface area contributed by atoms with Crippen molar-refractivity contribution in [1.82, 2.24) is 10.2 Å². The number of carbonyl (C=O) groups excluding carboxylic acids is 2. The maximum absolute atomic E-state index is 15.0. The first-order chi connectivity index (χ1) is 16.8. The van der Waals surface area contributed by atoms with Gasteiger partial charge in [-0.1, -0.05) is 35.0 Å². The molecular formula is C25H30FN5O4. The number of halogens is 1. The number of carbonyl (C=O) groups is 2. The Hall–Kier alpha value is -3.66. The molecule has 2 aliphatic rings. The Morgan fingerprint density at radius 1 is 1.17 bits per heavy atom. The van der Waals surface area contributed by atoms with E-state index >= 15 is 4.39 Å². The molecule has 2 fully saturated rings. The molecule has 35 heavy (non-hydrogen) atoms. The summed E-state index contributed by atoms with van der Waals surface area (Å²) in [5.41, 5.74) is 3.51. The predicted molar refractivity (Wildman–Crippen MR) is 131 cm³/mol. The Morgan fingerprint density at radius 2 is 1.89 bits per heavy atom. The molecule has 2 heterocycles. The van der Waals surface area contributed by atoms with Gasteiger partial charge in [0.15, 0.2) is 0 Å². The predicted octanol–water partition coefficient (Wildman–Crippen LogP) is 2.60. The molecule has 0 spiro atoms. The summed E-state index contributed by atoms with van der Waals surface area (Å²) in [6, 6.07) is 12.6. The van der Waals surface area contributed by atoms with Gasteiger partial charge >= 0.3 is 6.09 Å². The van der Waals surface area contributed by atoms with Crippen LogP contribution in [0.5, 0.6) is 0 Å². The fraction of sp³-hybridized carbons (Fsp3) is 0.400.